The predicted molar refractivity (Wildman–Crippen MR) is 107 cm³/mol. The molecule has 0 radical (unpaired) electrons. The third-order valence-corrected chi connectivity index (χ3v) is 4.88. The number of benzene rings is 1. The fourth-order valence-electron chi connectivity index (χ4n) is 2.62. The van der Waals surface area contributed by atoms with Gasteiger partial charge in [0.15, 0.2) is 0 Å². The van der Waals surface area contributed by atoms with Crippen molar-refractivity contribution in [2.45, 2.75) is 26.8 Å². The summed E-state index contributed by atoms with van der Waals surface area (Å²) in [6, 6.07) is 13.2. The van der Waals surface area contributed by atoms with Gasteiger partial charge in [0, 0.05) is 13.1 Å². The third kappa shape index (κ3) is 4.38. The largest absolute Gasteiger partial charge is 0.345 e. The van der Waals surface area contributed by atoms with Gasteiger partial charge < -0.3 is 10.6 Å². The van der Waals surface area contributed by atoms with Crippen LogP contribution in [0.5, 0.6) is 0 Å². The van der Waals surface area contributed by atoms with Crippen LogP contribution >= 0.6 is 11.5 Å². The van der Waals surface area contributed by atoms with Crippen molar-refractivity contribution in [3.05, 3.63) is 64.7 Å². The van der Waals surface area contributed by atoms with E-state index >= 15 is 0 Å². The van der Waals surface area contributed by atoms with Gasteiger partial charge in [-0.25, -0.2) is 0 Å². The van der Waals surface area contributed by atoms with Gasteiger partial charge in [-0.15, -0.1) is 0 Å². The number of anilines is 1. The molecule has 0 bridgehead atoms. The van der Waals surface area contributed by atoms with Gasteiger partial charge in [-0.1, -0.05) is 35.9 Å². The fraction of sp³-hybridized carbons (Fsp3) is 0.200. The van der Waals surface area contributed by atoms with Crippen molar-refractivity contribution in [3.8, 4) is 11.4 Å². The van der Waals surface area contributed by atoms with E-state index in [0.717, 1.165) is 22.7 Å². The molecule has 3 rings (SSSR count). The number of aromatic nitrogens is 2. The van der Waals surface area contributed by atoms with E-state index in [0.29, 0.717) is 22.0 Å². The van der Waals surface area contributed by atoms with E-state index in [1.165, 1.54) is 6.92 Å². The topological polar surface area (TPSA) is 84.0 Å². The number of aryl methyl sites for hydroxylation is 1. The molecule has 27 heavy (non-hydrogen) atoms. The lowest BCUT2D eigenvalue weighted by Gasteiger charge is -2.14. The highest BCUT2D eigenvalue weighted by atomic mass is 32.1. The summed E-state index contributed by atoms with van der Waals surface area (Å²) in [6.45, 7) is 5.33. The third-order valence-electron chi connectivity index (χ3n) is 4.03. The number of hydrogen-bond donors (Lipinski definition) is 2. The second-order valence-corrected chi connectivity index (χ2v) is 7.01. The molecule has 0 unspecified atom stereocenters. The Balaban J connectivity index is 1.88. The molecule has 0 aliphatic heterocycles. The second-order valence-electron chi connectivity index (χ2n) is 6.24. The molecular formula is C20H20N4O2S. The maximum absolute atomic E-state index is 12.8. The van der Waals surface area contributed by atoms with E-state index in [9.17, 15) is 9.59 Å². The Morgan fingerprint density at radius 2 is 1.85 bits per heavy atom. The van der Waals surface area contributed by atoms with Crippen molar-refractivity contribution < 1.29 is 9.59 Å². The van der Waals surface area contributed by atoms with Crippen LogP contribution in [-0.4, -0.2) is 21.2 Å². The smallest absolute Gasteiger partial charge is 0.265 e. The molecule has 1 aromatic carbocycles. The van der Waals surface area contributed by atoms with Crippen LogP contribution in [0, 0.1) is 6.92 Å². The van der Waals surface area contributed by atoms with Crippen molar-refractivity contribution in [2.75, 3.05) is 5.32 Å². The molecule has 0 saturated carbocycles. The average Bonchev–Trinajstić information content (AvgIpc) is 3.06. The van der Waals surface area contributed by atoms with Crippen molar-refractivity contribution in [2.24, 2.45) is 0 Å². The van der Waals surface area contributed by atoms with Crippen molar-refractivity contribution in [3.63, 3.8) is 0 Å². The van der Waals surface area contributed by atoms with Gasteiger partial charge >= 0.3 is 0 Å². The SMILES string of the molecule is CC(=O)Nc1c(-c2ccccn2)nsc1C(=O)N[C@H](C)c1ccc(C)cc1. The summed E-state index contributed by atoms with van der Waals surface area (Å²) in [6.07, 6.45) is 1.64. The van der Waals surface area contributed by atoms with Gasteiger partial charge in [0.1, 0.15) is 10.6 Å². The molecule has 2 aromatic heterocycles. The highest BCUT2D eigenvalue weighted by Gasteiger charge is 2.23. The molecule has 0 aliphatic carbocycles. The minimum Gasteiger partial charge on any atom is -0.345 e. The Bertz CT molecular complexity index is 952. The first kappa shape index (κ1) is 18.7. The lowest BCUT2D eigenvalue weighted by Crippen LogP contribution is -2.27. The monoisotopic (exact) mass is 380 g/mol. The minimum absolute atomic E-state index is 0.177. The Labute approximate surface area is 161 Å². The molecule has 2 N–H and O–H groups in total. The highest BCUT2D eigenvalue weighted by Crippen LogP contribution is 2.32. The number of rotatable bonds is 5. The van der Waals surface area contributed by atoms with Crippen LogP contribution in [0.2, 0.25) is 0 Å². The maximum Gasteiger partial charge on any atom is 0.265 e. The molecule has 138 valence electrons. The first-order valence-corrected chi connectivity index (χ1v) is 9.29. The van der Waals surface area contributed by atoms with Crippen LogP contribution < -0.4 is 10.6 Å². The van der Waals surface area contributed by atoms with Gasteiger partial charge in [-0.3, -0.25) is 14.6 Å². The van der Waals surface area contributed by atoms with Gasteiger partial charge in [-0.05, 0) is 43.1 Å². The summed E-state index contributed by atoms with van der Waals surface area (Å²) < 4.78 is 4.36. The lowest BCUT2D eigenvalue weighted by atomic mass is 10.1. The van der Waals surface area contributed by atoms with Gasteiger partial charge in [0.05, 0.1) is 17.4 Å². The Hall–Kier alpha value is -3.06. The van der Waals surface area contributed by atoms with Crippen LogP contribution in [0.4, 0.5) is 5.69 Å². The van der Waals surface area contributed by atoms with Crippen molar-refractivity contribution >= 4 is 29.0 Å². The maximum atomic E-state index is 12.8. The van der Waals surface area contributed by atoms with Crippen LogP contribution in [0.25, 0.3) is 11.4 Å². The minimum atomic E-state index is -0.286. The normalized spacial score (nSPS) is 11.7. The van der Waals surface area contributed by atoms with Crippen LogP contribution in [0.1, 0.15) is 40.7 Å². The number of pyridine rings is 1. The standard InChI is InChI=1S/C20H20N4O2S/c1-12-7-9-15(10-8-12)13(2)22-20(26)19-18(23-14(3)25)17(24-27-19)16-6-4-5-11-21-16/h4-11,13H,1-3H3,(H,22,26)(H,23,25)/t13-/m1/s1. The highest BCUT2D eigenvalue weighted by molar-refractivity contribution is 7.09. The Morgan fingerprint density at radius 3 is 2.48 bits per heavy atom. The van der Waals surface area contributed by atoms with Crippen LogP contribution in [0.3, 0.4) is 0 Å². The summed E-state index contributed by atoms with van der Waals surface area (Å²) in [5.74, 6) is -0.556. The first-order chi connectivity index (χ1) is 13.0. The number of amides is 2. The number of hydrogen-bond acceptors (Lipinski definition) is 5. The average molecular weight is 380 g/mol. The molecule has 0 fully saturated rings. The van der Waals surface area contributed by atoms with E-state index in [1.807, 2.05) is 44.2 Å². The van der Waals surface area contributed by atoms with E-state index in [1.54, 1.807) is 18.3 Å². The van der Waals surface area contributed by atoms with Gasteiger partial charge in [0.2, 0.25) is 5.91 Å². The number of nitrogens with zero attached hydrogens (tertiary/aromatic N) is 2. The molecule has 3 aromatic rings. The Morgan fingerprint density at radius 1 is 1.11 bits per heavy atom. The summed E-state index contributed by atoms with van der Waals surface area (Å²) in [4.78, 5) is 29.1. The second kappa shape index (κ2) is 8.09. The summed E-state index contributed by atoms with van der Waals surface area (Å²) in [7, 11) is 0. The summed E-state index contributed by atoms with van der Waals surface area (Å²) in [5, 5.41) is 5.70. The predicted octanol–water partition coefficient (Wildman–Crippen LogP) is 3.96. The molecule has 7 heteroatoms. The number of carbonyl (C=O) groups is 2. The van der Waals surface area contributed by atoms with Crippen LogP contribution in [0.15, 0.2) is 48.7 Å². The summed E-state index contributed by atoms with van der Waals surface area (Å²) in [5.41, 5.74) is 3.64. The lowest BCUT2D eigenvalue weighted by molar-refractivity contribution is -0.114. The Kier molecular flexibility index (Phi) is 5.61. The van der Waals surface area contributed by atoms with E-state index in [2.05, 4.69) is 20.0 Å². The first-order valence-electron chi connectivity index (χ1n) is 8.52. The molecule has 2 amide bonds. The molecule has 0 spiro atoms. The van der Waals surface area contributed by atoms with E-state index < -0.39 is 0 Å². The zero-order valence-corrected chi connectivity index (χ0v) is 16.1. The van der Waals surface area contributed by atoms with E-state index in [-0.39, 0.29) is 17.9 Å². The molecule has 1 atom stereocenters. The molecular weight excluding hydrogens is 360 g/mol. The number of nitrogens with one attached hydrogen (secondary N) is 2. The zero-order chi connectivity index (χ0) is 19.4. The van der Waals surface area contributed by atoms with Crippen LogP contribution in [-0.2, 0) is 4.79 Å². The molecule has 0 saturated heterocycles. The molecule has 6 nitrogen and oxygen atoms in total. The van der Waals surface area contributed by atoms with Gasteiger partial charge in [-0.2, -0.15) is 4.37 Å². The fourth-order valence-corrected chi connectivity index (χ4v) is 3.36. The van der Waals surface area contributed by atoms with E-state index in [4.69, 9.17) is 0 Å². The number of carbonyl (C=O) groups excluding carboxylic acids is 2. The quantitative estimate of drug-likeness (QED) is 0.702. The van der Waals surface area contributed by atoms with Crippen molar-refractivity contribution in [1.29, 1.82) is 0 Å². The molecule has 2 heterocycles. The molecule has 0 aliphatic rings. The summed E-state index contributed by atoms with van der Waals surface area (Å²) >= 11 is 1.04. The zero-order valence-electron chi connectivity index (χ0n) is 15.3. The van der Waals surface area contributed by atoms with Gasteiger partial charge in [0.25, 0.3) is 5.91 Å². The van der Waals surface area contributed by atoms with Crippen molar-refractivity contribution in [1.82, 2.24) is 14.7 Å².